The minimum atomic E-state index is 0.554. The summed E-state index contributed by atoms with van der Waals surface area (Å²) in [5.41, 5.74) is 3.87. The van der Waals surface area contributed by atoms with Crippen molar-refractivity contribution in [1.29, 1.82) is 0 Å². The first-order chi connectivity index (χ1) is 9.66. The minimum Gasteiger partial charge on any atom is -0.311 e. The fraction of sp³-hybridized carbons (Fsp3) is 0.333. The second-order valence-electron chi connectivity index (χ2n) is 5.51. The third kappa shape index (κ3) is 4.19. The Labute approximate surface area is 122 Å². The van der Waals surface area contributed by atoms with Crippen LogP contribution in [0.25, 0.3) is 11.1 Å². The van der Waals surface area contributed by atoms with Crippen molar-refractivity contribution in [3.8, 4) is 11.1 Å². The van der Waals surface area contributed by atoms with Crippen LogP contribution in [0.5, 0.6) is 0 Å². The summed E-state index contributed by atoms with van der Waals surface area (Å²) < 4.78 is 0. The Hall–Kier alpha value is -1.64. The normalized spacial score (nSPS) is 12.6. The van der Waals surface area contributed by atoms with E-state index < -0.39 is 0 Å². The highest BCUT2D eigenvalue weighted by molar-refractivity contribution is 5.63. The molecule has 2 aromatic carbocycles. The summed E-state index contributed by atoms with van der Waals surface area (Å²) in [5.74, 6) is 0. The molecule has 106 valence electrons. The molecule has 0 aliphatic heterocycles. The van der Waals surface area contributed by atoms with Crippen LogP contribution in [0.15, 0.2) is 54.6 Å². The highest BCUT2D eigenvalue weighted by Gasteiger charge is 2.03. The van der Waals surface area contributed by atoms with Gasteiger partial charge in [-0.15, -0.1) is 0 Å². The second kappa shape index (κ2) is 7.22. The first kappa shape index (κ1) is 14.8. The quantitative estimate of drug-likeness (QED) is 0.864. The summed E-state index contributed by atoms with van der Waals surface area (Å²) in [4.78, 5) is 2.23. The van der Waals surface area contributed by atoms with E-state index in [1.807, 2.05) is 6.07 Å². The molecule has 2 nitrogen and oxygen atoms in total. The van der Waals surface area contributed by atoms with Crippen molar-refractivity contribution in [2.45, 2.75) is 19.5 Å². The maximum absolute atomic E-state index is 3.50. The highest BCUT2D eigenvalue weighted by Crippen LogP contribution is 2.19. The number of benzene rings is 2. The van der Waals surface area contributed by atoms with Gasteiger partial charge in [0, 0.05) is 19.1 Å². The summed E-state index contributed by atoms with van der Waals surface area (Å²) in [7, 11) is 4.22. The van der Waals surface area contributed by atoms with Crippen LogP contribution < -0.4 is 5.32 Å². The summed E-state index contributed by atoms with van der Waals surface area (Å²) in [6, 6.07) is 19.8. The van der Waals surface area contributed by atoms with Crippen LogP contribution in [0.2, 0.25) is 0 Å². The molecule has 0 spiro atoms. The number of rotatable bonds is 6. The first-order valence-electron chi connectivity index (χ1n) is 7.18. The van der Waals surface area contributed by atoms with Gasteiger partial charge < -0.3 is 10.2 Å². The van der Waals surface area contributed by atoms with Crippen molar-refractivity contribution < 1.29 is 0 Å². The molecular formula is C18H24N2. The van der Waals surface area contributed by atoms with E-state index in [1.54, 1.807) is 0 Å². The van der Waals surface area contributed by atoms with Gasteiger partial charge in [-0.3, -0.25) is 0 Å². The van der Waals surface area contributed by atoms with Gasteiger partial charge in [0.15, 0.2) is 0 Å². The Morgan fingerprint density at radius 3 is 2.10 bits per heavy atom. The molecule has 2 heteroatoms. The van der Waals surface area contributed by atoms with Gasteiger partial charge in [-0.25, -0.2) is 0 Å². The van der Waals surface area contributed by atoms with Crippen LogP contribution in [0.3, 0.4) is 0 Å². The number of likely N-dealkylation sites (N-methyl/N-ethyl adjacent to an activating group) is 1. The molecule has 2 aromatic rings. The standard InChI is InChI=1S/C18H24N2/c1-15(20(2)3)13-19-14-16-9-11-18(12-10-16)17-7-5-4-6-8-17/h4-12,15,19H,13-14H2,1-3H3. The Morgan fingerprint density at radius 1 is 0.900 bits per heavy atom. The van der Waals surface area contributed by atoms with Gasteiger partial charge in [-0.05, 0) is 37.7 Å². The van der Waals surface area contributed by atoms with Gasteiger partial charge in [-0.1, -0.05) is 54.6 Å². The van der Waals surface area contributed by atoms with Gasteiger partial charge in [0.2, 0.25) is 0 Å². The lowest BCUT2D eigenvalue weighted by Crippen LogP contribution is -2.35. The van der Waals surface area contributed by atoms with Gasteiger partial charge in [0.05, 0.1) is 0 Å². The number of hydrogen-bond donors (Lipinski definition) is 1. The Balaban J connectivity index is 1.89. The van der Waals surface area contributed by atoms with Crippen molar-refractivity contribution in [1.82, 2.24) is 10.2 Å². The molecule has 0 bridgehead atoms. The fourth-order valence-electron chi connectivity index (χ4n) is 2.05. The Kier molecular flexibility index (Phi) is 5.33. The number of nitrogens with one attached hydrogen (secondary N) is 1. The summed E-state index contributed by atoms with van der Waals surface area (Å²) in [6.45, 7) is 4.16. The SMILES string of the molecule is CC(CNCc1ccc(-c2ccccc2)cc1)N(C)C. The van der Waals surface area contributed by atoms with Gasteiger partial charge in [0.1, 0.15) is 0 Å². The summed E-state index contributed by atoms with van der Waals surface area (Å²) in [5, 5.41) is 3.50. The molecule has 0 aromatic heterocycles. The predicted molar refractivity (Wildman–Crippen MR) is 86.7 cm³/mol. The van der Waals surface area contributed by atoms with E-state index in [4.69, 9.17) is 0 Å². The second-order valence-corrected chi connectivity index (χ2v) is 5.51. The zero-order valence-electron chi connectivity index (χ0n) is 12.6. The third-order valence-corrected chi connectivity index (χ3v) is 3.71. The van der Waals surface area contributed by atoms with E-state index >= 15 is 0 Å². The van der Waals surface area contributed by atoms with Crippen LogP contribution in [0.4, 0.5) is 0 Å². The van der Waals surface area contributed by atoms with Gasteiger partial charge >= 0.3 is 0 Å². The van der Waals surface area contributed by atoms with Crippen molar-refractivity contribution in [3.05, 3.63) is 60.2 Å². The Morgan fingerprint density at radius 2 is 1.50 bits per heavy atom. The van der Waals surface area contributed by atoms with Crippen LogP contribution >= 0.6 is 0 Å². The van der Waals surface area contributed by atoms with Crippen molar-refractivity contribution in [2.24, 2.45) is 0 Å². The van der Waals surface area contributed by atoms with Crippen molar-refractivity contribution >= 4 is 0 Å². The van der Waals surface area contributed by atoms with E-state index in [1.165, 1.54) is 16.7 Å². The largest absolute Gasteiger partial charge is 0.311 e. The lowest BCUT2D eigenvalue weighted by atomic mass is 10.0. The average molecular weight is 268 g/mol. The molecule has 1 atom stereocenters. The van der Waals surface area contributed by atoms with Crippen molar-refractivity contribution in [2.75, 3.05) is 20.6 Å². The first-order valence-corrected chi connectivity index (χ1v) is 7.18. The topological polar surface area (TPSA) is 15.3 Å². The fourth-order valence-corrected chi connectivity index (χ4v) is 2.05. The third-order valence-electron chi connectivity index (χ3n) is 3.71. The Bertz CT molecular complexity index is 503. The van der Waals surface area contributed by atoms with E-state index in [0.29, 0.717) is 6.04 Å². The van der Waals surface area contributed by atoms with Crippen molar-refractivity contribution in [3.63, 3.8) is 0 Å². The summed E-state index contributed by atoms with van der Waals surface area (Å²) in [6.07, 6.45) is 0. The van der Waals surface area contributed by atoms with Crippen LogP contribution in [-0.4, -0.2) is 31.6 Å². The maximum Gasteiger partial charge on any atom is 0.0206 e. The molecule has 1 N–H and O–H groups in total. The van der Waals surface area contributed by atoms with Gasteiger partial charge in [0.25, 0.3) is 0 Å². The van der Waals surface area contributed by atoms with E-state index in [9.17, 15) is 0 Å². The molecule has 2 rings (SSSR count). The van der Waals surface area contributed by atoms with E-state index in [2.05, 4.69) is 79.8 Å². The average Bonchev–Trinajstić information content (AvgIpc) is 2.48. The molecule has 20 heavy (non-hydrogen) atoms. The highest BCUT2D eigenvalue weighted by atomic mass is 15.1. The molecule has 0 radical (unpaired) electrons. The lowest BCUT2D eigenvalue weighted by molar-refractivity contribution is 0.302. The van der Waals surface area contributed by atoms with Crippen LogP contribution in [0.1, 0.15) is 12.5 Å². The molecule has 0 amide bonds. The smallest absolute Gasteiger partial charge is 0.0206 e. The summed E-state index contributed by atoms with van der Waals surface area (Å²) >= 11 is 0. The molecule has 0 heterocycles. The molecule has 0 saturated heterocycles. The molecular weight excluding hydrogens is 244 g/mol. The van der Waals surface area contributed by atoms with Crippen LogP contribution in [0, 0.1) is 0 Å². The zero-order valence-corrected chi connectivity index (χ0v) is 12.6. The zero-order chi connectivity index (χ0) is 14.4. The molecule has 0 fully saturated rings. The van der Waals surface area contributed by atoms with Crippen LogP contribution in [-0.2, 0) is 6.54 Å². The van der Waals surface area contributed by atoms with E-state index in [0.717, 1.165) is 13.1 Å². The molecule has 0 saturated carbocycles. The van der Waals surface area contributed by atoms with Gasteiger partial charge in [-0.2, -0.15) is 0 Å². The molecule has 0 aliphatic carbocycles. The van der Waals surface area contributed by atoms with E-state index in [-0.39, 0.29) is 0 Å². The monoisotopic (exact) mass is 268 g/mol. The molecule has 0 aliphatic rings. The minimum absolute atomic E-state index is 0.554. The number of nitrogens with zero attached hydrogens (tertiary/aromatic N) is 1. The molecule has 1 unspecified atom stereocenters. The lowest BCUT2D eigenvalue weighted by Gasteiger charge is -2.20. The maximum atomic E-state index is 3.50. The predicted octanol–water partition coefficient (Wildman–Crippen LogP) is 3.39. The number of hydrogen-bond acceptors (Lipinski definition) is 2.